The number of hydrogen-bond donors (Lipinski definition) is 2. The lowest BCUT2D eigenvalue weighted by Crippen LogP contribution is -2.46. The molecule has 1 saturated carbocycles. The van der Waals surface area contributed by atoms with Gasteiger partial charge >= 0.3 is 0 Å². The van der Waals surface area contributed by atoms with Gasteiger partial charge in [0.2, 0.25) is 5.91 Å². The number of anilines is 1. The summed E-state index contributed by atoms with van der Waals surface area (Å²) in [6, 6.07) is 11.2. The number of amides is 2. The number of halogens is 2. The van der Waals surface area contributed by atoms with Gasteiger partial charge in [-0.05, 0) is 54.8 Å². The fourth-order valence-corrected chi connectivity index (χ4v) is 3.93. The third-order valence-corrected chi connectivity index (χ3v) is 5.43. The van der Waals surface area contributed by atoms with E-state index in [0.29, 0.717) is 5.56 Å². The average molecular weight is 424 g/mol. The van der Waals surface area contributed by atoms with Gasteiger partial charge in [-0.2, -0.15) is 5.10 Å². The molecule has 4 rings (SSSR count). The number of nitrogens with zero attached hydrogens (tertiary/aromatic N) is 2. The molecule has 31 heavy (non-hydrogen) atoms. The summed E-state index contributed by atoms with van der Waals surface area (Å²) in [6.45, 7) is 0. The van der Waals surface area contributed by atoms with E-state index in [9.17, 15) is 18.4 Å². The SMILES string of the molecule is O=C(NC1CCCC1)C(c1ccc(F)cc1)N(C(=O)c1ccn[nH]1)c1cccc(F)c1. The Balaban J connectivity index is 1.80. The second-order valence-corrected chi connectivity index (χ2v) is 7.57. The van der Waals surface area contributed by atoms with E-state index in [-0.39, 0.29) is 17.4 Å². The fraction of sp³-hybridized carbons (Fsp3) is 0.261. The van der Waals surface area contributed by atoms with Crippen molar-refractivity contribution in [3.8, 4) is 0 Å². The molecule has 1 fully saturated rings. The summed E-state index contributed by atoms with van der Waals surface area (Å²) in [7, 11) is 0. The number of hydrogen-bond acceptors (Lipinski definition) is 3. The molecule has 2 N–H and O–H groups in total. The van der Waals surface area contributed by atoms with E-state index in [0.717, 1.165) is 25.7 Å². The largest absolute Gasteiger partial charge is 0.351 e. The third-order valence-electron chi connectivity index (χ3n) is 5.43. The van der Waals surface area contributed by atoms with Gasteiger partial charge in [-0.3, -0.25) is 19.6 Å². The van der Waals surface area contributed by atoms with Gasteiger partial charge in [-0.1, -0.05) is 31.0 Å². The molecule has 1 unspecified atom stereocenters. The van der Waals surface area contributed by atoms with Gasteiger partial charge in [0.15, 0.2) is 0 Å². The molecule has 1 aromatic heterocycles. The lowest BCUT2D eigenvalue weighted by Gasteiger charge is -2.32. The van der Waals surface area contributed by atoms with Crippen LogP contribution >= 0.6 is 0 Å². The number of benzene rings is 2. The molecule has 1 heterocycles. The summed E-state index contributed by atoms with van der Waals surface area (Å²) in [5.41, 5.74) is 0.759. The monoisotopic (exact) mass is 424 g/mol. The minimum Gasteiger partial charge on any atom is -0.351 e. The number of carbonyl (C=O) groups excluding carboxylic acids is 2. The smallest absolute Gasteiger partial charge is 0.277 e. The highest BCUT2D eigenvalue weighted by Crippen LogP contribution is 2.31. The summed E-state index contributed by atoms with van der Waals surface area (Å²) in [5, 5.41) is 9.43. The van der Waals surface area contributed by atoms with E-state index >= 15 is 0 Å². The second kappa shape index (κ2) is 9.07. The van der Waals surface area contributed by atoms with E-state index in [1.165, 1.54) is 59.6 Å². The molecule has 0 spiro atoms. The zero-order valence-corrected chi connectivity index (χ0v) is 16.7. The Hall–Kier alpha value is -3.55. The van der Waals surface area contributed by atoms with Crippen LogP contribution in [0.2, 0.25) is 0 Å². The molecule has 1 atom stereocenters. The van der Waals surface area contributed by atoms with Crippen molar-refractivity contribution in [2.45, 2.75) is 37.8 Å². The van der Waals surface area contributed by atoms with E-state index < -0.39 is 29.5 Å². The topological polar surface area (TPSA) is 78.1 Å². The minimum absolute atomic E-state index is 0.00654. The van der Waals surface area contributed by atoms with Gasteiger partial charge in [-0.15, -0.1) is 0 Å². The van der Waals surface area contributed by atoms with E-state index in [4.69, 9.17) is 0 Å². The van der Waals surface area contributed by atoms with Crippen molar-refractivity contribution in [3.05, 3.63) is 83.7 Å². The van der Waals surface area contributed by atoms with Crippen LogP contribution in [0, 0.1) is 11.6 Å². The first kappa shape index (κ1) is 20.7. The molecule has 0 radical (unpaired) electrons. The molecular formula is C23H22F2N4O2. The van der Waals surface area contributed by atoms with Gasteiger partial charge in [0.05, 0.1) is 0 Å². The lowest BCUT2D eigenvalue weighted by atomic mass is 10.0. The summed E-state index contributed by atoms with van der Waals surface area (Å²) in [4.78, 5) is 28.1. The molecule has 1 aliphatic rings. The number of nitrogens with one attached hydrogen (secondary N) is 2. The molecule has 6 nitrogen and oxygen atoms in total. The molecule has 0 saturated heterocycles. The van der Waals surface area contributed by atoms with Crippen molar-refractivity contribution in [2.24, 2.45) is 0 Å². The summed E-state index contributed by atoms with van der Waals surface area (Å²) in [5.74, 6) is -1.97. The maximum atomic E-state index is 14.1. The molecule has 3 aromatic rings. The van der Waals surface area contributed by atoms with Gasteiger partial charge < -0.3 is 5.32 Å². The average Bonchev–Trinajstić information content (AvgIpc) is 3.46. The first-order valence-corrected chi connectivity index (χ1v) is 10.2. The quantitative estimate of drug-likeness (QED) is 0.625. The van der Waals surface area contributed by atoms with Gasteiger partial charge in [0.25, 0.3) is 5.91 Å². The molecule has 8 heteroatoms. The van der Waals surface area contributed by atoms with Crippen LogP contribution < -0.4 is 10.2 Å². The minimum atomic E-state index is -1.13. The predicted octanol–water partition coefficient (Wildman–Crippen LogP) is 4.13. The van der Waals surface area contributed by atoms with Crippen LogP contribution in [0.3, 0.4) is 0 Å². The Kier molecular flexibility index (Phi) is 6.06. The van der Waals surface area contributed by atoms with Crippen molar-refractivity contribution in [1.82, 2.24) is 15.5 Å². The normalized spacial score (nSPS) is 14.9. The van der Waals surface area contributed by atoms with Crippen LogP contribution in [0.4, 0.5) is 14.5 Å². The van der Waals surface area contributed by atoms with Crippen LogP contribution in [-0.4, -0.2) is 28.1 Å². The predicted molar refractivity (Wildman–Crippen MR) is 111 cm³/mol. The van der Waals surface area contributed by atoms with Crippen LogP contribution in [-0.2, 0) is 4.79 Å². The third kappa shape index (κ3) is 4.63. The van der Waals surface area contributed by atoms with Crippen molar-refractivity contribution < 1.29 is 18.4 Å². The lowest BCUT2D eigenvalue weighted by molar-refractivity contribution is -0.123. The van der Waals surface area contributed by atoms with Crippen molar-refractivity contribution >= 4 is 17.5 Å². The number of aromatic amines is 1. The Morgan fingerprint density at radius 3 is 2.42 bits per heavy atom. The Morgan fingerprint density at radius 1 is 1.03 bits per heavy atom. The number of H-pyrrole nitrogens is 1. The molecule has 2 aromatic carbocycles. The van der Waals surface area contributed by atoms with E-state index in [1.54, 1.807) is 6.07 Å². The zero-order valence-electron chi connectivity index (χ0n) is 16.7. The number of carbonyl (C=O) groups is 2. The zero-order chi connectivity index (χ0) is 21.8. The van der Waals surface area contributed by atoms with Crippen molar-refractivity contribution in [2.75, 3.05) is 4.90 Å². The highest BCUT2D eigenvalue weighted by atomic mass is 19.1. The number of rotatable bonds is 6. The van der Waals surface area contributed by atoms with Crippen LogP contribution in [0.25, 0.3) is 0 Å². The van der Waals surface area contributed by atoms with Gasteiger partial charge in [0.1, 0.15) is 23.4 Å². The molecule has 0 bridgehead atoms. The standard InChI is InChI=1S/C23H22F2N4O2/c24-16-10-8-15(9-11-16)21(22(30)27-18-5-1-2-6-18)29(19-7-3-4-17(25)14-19)23(31)20-12-13-26-28-20/h3-4,7-14,18,21H,1-2,5-6H2,(H,26,28)(H,27,30). The maximum absolute atomic E-state index is 14.1. The summed E-state index contributed by atoms with van der Waals surface area (Å²) < 4.78 is 27.7. The van der Waals surface area contributed by atoms with Crippen molar-refractivity contribution in [1.29, 1.82) is 0 Å². The summed E-state index contributed by atoms with van der Waals surface area (Å²) >= 11 is 0. The number of aromatic nitrogens is 2. The van der Waals surface area contributed by atoms with E-state index in [1.807, 2.05) is 0 Å². The first-order chi connectivity index (χ1) is 15.0. The van der Waals surface area contributed by atoms with Gasteiger partial charge in [-0.25, -0.2) is 8.78 Å². The van der Waals surface area contributed by atoms with Crippen LogP contribution in [0.1, 0.15) is 47.8 Å². The van der Waals surface area contributed by atoms with Gasteiger partial charge in [0, 0.05) is 17.9 Å². The van der Waals surface area contributed by atoms with Crippen molar-refractivity contribution in [3.63, 3.8) is 0 Å². The molecule has 1 aliphatic carbocycles. The van der Waals surface area contributed by atoms with E-state index in [2.05, 4.69) is 15.5 Å². The highest BCUT2D eigenvalue weighted by Gasteiger charge is 2.35. The molecular weight excluding hydrogens is 402 g/mol. The molecule has 2 amide bonds. The fourth-order valence-electron chi connectivity index (χ4n) is 3.93. The maximum Gasteiger partial charge on any atom is 0.277 e. The summed E-state index contributed by atoms with van der Waals surface area (Å²) in [6.07, 6.45) is 5.18. The molecule has 160 valence electrons. The first-order valence-electron chi connectivity index (χ1n) is 10.2. The highest BCUT2D eigenvalue weighted by molar-refractivity contribution is 6.09. The second-order valence-electron chi connectivity index (χ2n) is 7.57. The Labute approximate surface area is 178 Å². The van der Waals surface area contributed by atoms with Crippen LogP contribution in [0.15, 0.2) is 60.8 Å². The molecule has 0 aliphatic heterocycles. The Bertz CT molecular complexity index is 1050. The van der Waals surface area contributed by atoms with Crippen LogP contribution in [0.5, 0.6) is 0 Å². The Morgan fingerprint density at radius 2 is 1.77 bits per heavy atom.